The Morgan fingerprint density at radius 2 is 2.03 bits per heavy atom. The monoisotopic (exact) mass is 441 g/mol. The molecule has 1 atom stereocenters. The molecule has 0 bridgehead atoms. The summed E-state index contributed by atoms with van der Waals surface area (Å²) in [5, 5.41) is 8.69. The third kappa shape index (κ3) is 6.73. The van der Waals surface area contributed by atoms with Gasteiger partial charge < -0.3 is 25.4 Å². The number of piperidine rings is 1. The van der Waals surface area contributed by atoms with Crippen molar-refractivity contribution in [1.82, 2.24) is 25.4 Å². The first kappa shape index (κ1) is 23.1. The molecule has 1 aromatic carbocycles. The van der Waals surface area contributed by atoms with E-state index in [1.165, 1.54) is 25.2 Å². The Bertz CT molecular complexity index is 912. The minimum Gasteiger partial charge on any atom is -0.376 e. The first-order valence-electron chi connectivity index (χ1n) is 11.1. The van der Waals surface area contributed by atoms with E-state index < -0.39 is 0 Å². The van der Waals surface area contributed by atoms with Crippen LogP contribution in [0.15, 0.2) is 61.7 Å². The van der Waals surface area contributed by atoms with Gasteiger partial charge in [0, 0.05) is 59.5 Å². The van der Waals surface area contributed by atoms with Crippen molar-refractivity contribution in [1.29, 1.82) is 0 Å². The summed E-state index contributed by atoms with van der Waals surface area (Å²) >= 11 is 6.02. The number of hydrogen-bond acceptors (Lipinski definition) is 4. The predicted octanol–water partition coefficient (Wildman–Crippen LogP) is 5.05. The molecule has 2 fully saturated rings. The molecule has 0 aliphatic carbocycles. The first-order chi connectivity index (χ1) is 14.8. The molecule has 3 N–H and O–H groups in total. The number of hydrogen-bond donors (Lipinski definition) is 3. The van der Waals surface area contributed by atoms with Crippen molar-refractivity contribution in [2.45, 2.75) is 39.3 Å². The van der Waals surface area contributed by atoms with Gasteiger partial charge in [0.25, 0.3) is 0 Å². The van der Waals surface area contributed by atoms with Crippen LogP contribution in [-0.4, -0.2) is 47.0 Å². The fourth-order valence-corrected chi connectivity index (χ4v) is 4.24. The minimum atomic E-state index is 0.420. The van der Waals surface area contributed by atoms with Crippen LogP contribution in [0.3, 0.4) is 0 Å². The third-order valence-corrected chi connectivity index (χ3v) is 6.06. The smallest absolute Gasteiger partial charge is 0.0918 e. The molecule has 31 heavy (non-hydrogen) atoms. The van der Waals surface area contributed by atoms with Gasteiger partial charge in [0.05, 0.1) is 12.4 Å². The summed E-state index contributed by atoms with van der Waals surface area (Å²) in [6.07, 6.45) is 4.26. The summed E-state index contributed by atoms with van der Waals surface area (Å²) in [5.74, 6) is 1.75. The predicted molar refractivity (Wildman–Crippen MR) is 133 cm³/mol. The quantitative estimate of drug-likeness (QED) is 0.562. The molecule has 0 saturated carbocycles. The summed E-state index contributed by atoms with van der Waals surface area (Å²) in [6.45, 7) is 21.3. The molecule has 0 radical (unpaired) electrons. The summed E-state index contributed by atoms with van der Waals surface area (Å²) in [7, 11) is 0. The van der Waals surface area contributed by atoms with E-state index in [-0.39, 0.29) is 0 Å². The zero-order valence-corrected chi connectivity index (χ0v) is 19.6. The molecule has 5 nitrogen and oxygen atoms in total. The van der Waals surface area contributed by atoms with Gasteiger partial charge >= 0.3 is 0 Å². The maximum Gasteiger partial charge on any atom is 0.0918 e. The van der Waals surface area contributed by atoms with Crippen molar-refractivity contribution >= 4 is 22.5 Å². The van der Waals surface area contributed by atoms with Crippen molar-refractivity contribution in [2.75, 3.05) is 26.2 Å². The molecule has 0 spiro atoms. The molecule has 2 aromatic rings. The van der Waals surface area contributed by atoms with Crippen LogP contribution in [0.2, 0.25) is 5.02 Å². The Morgan fingerprint density at radius 1 is 1.26 bits per heavy atom. The zero-order chi connectivity index (χ0) is 22.4. The number of allylic oxidation sites excluding steroid dienone is 1. The highest BCUT2D eigenvalue weighted by atomic mass is 35.5. The number of halogens is 1. The Labute approximate surface area is 191 Å². The molecular weight excluding hydrogens is 406 g/mol. The van der Waals surface area contributed by atoms with E-state index in [2.05, 4.69) is 65.1 Å². The van der Waals surface area contributed by atoms with E-state index in [4.69, 9.17) is 11.6 Å². The molecule has 1 aromatic heterocycles. The van der Waals surface area contributed by atoms with Gasteiger partial charge in [-0.25, -0.2) is 0 Å². The van der Waals surface area contributed by atoms with Crippen LogP contribution in [-0.2, 0) is 6.54 Å². The summed E-state index contributed by atoms with van der Waals surface area (Å²) in [5.41, 5.74) is 3.42. The van der Waals surface area contributed by atoms with Crippen LogP contribution < -0.4 is 10.6 Å². The second-order valence-corrected chi connectivity index (χ2v) is 9.20. The lowest BCUT2D eigenvalue weighted by Gasteiger charge is -2.39. The van der Waals surface area contributed by atoms with E-state index in [9.17, 15) is 0 Å². The number of H-pyrrole nitrogens is 1. The highest BCUT2D eigenvalue weighted by molar-refractivity contribution is 6.31. The number of aromatic amines is 1. The van der Waals surface area contributed by atoms with Crippen molar-refractivity contribution in [3.63, 3.8) is 0 Å². The number of aromatic nitrogens is 1. The minimum absolute atomic E-state index is 0.420. The molecule has 4 rings (SSSR count). The lowest BCUT2D eigenvalue weighted by molar-refractivity contribution is 0.159. The third-order valence-electron chi connectivity index (χ3n) is 5.82. The Morgan fingerprint density at radius 3 is 2.68 bits per heavy atom. The Hall–Kier alpha value is -2.53. The fourth-order valence-electron chi connectivity index (χ4n) is 4.06. The van der Waals surface area contributed by atoms with Gasteiger partial charge in [0.2, 0.25) is 0 Å². The Kier molecular flexibility index (Phi) is 7.97. The molecule has 2 aliphatic rings. The zero-order valence-electron chi connectivity index (χ0n) is 18.9. The van der Waals surface area contributed by atoms with Crippen LogP contribution in [0.4, 0.5) is 0 Å². The van der Waals surface area contributed by atoms with E-state index >= 15 is 0 Å². The molecular formula is C25H36ClN5. The van der Waals surface area contributed by atoms with Crippen LogP contribution in [0.5, 0.6) is 0 Å². The van der Waals surface area contributed by atoms with Gasteiger partial charge in [0.15, 0.2) is 0 Å². The molecule has 1 unspecified atom stereocenters. The number of nitrogens with zero attached hydrogens (tertiary/aromatic N) is 2. The van der Waals surface area contributed by atoms with Gasteiger partial charge in [-0.1, -0.05) is 38.3 Å². The summed E-state index contributed by atoms with van der Waals surface area (Å²) in [4.78, 5) is 7.93. The summed E-state index contributed by atoms with van der Waals surface area (Å²) in [6, 6.07) is 8.40. The highest BCUT2D eigenvalue weighted by Gasteiger charge is 2.20. The Balaban J connectivity index is 0.000000287. The van der Waals surface area contributed by atoms with E-state index in [0.717, 1.165) is 52.9 Å². The molecule has 3 heterocycles. The number of fused-ring (bicyclic) bond motifs is 1. The number of rotatable bonds is 7. The second-order valence-electron chi connectivity index (χ2n) is 8.76. The second kappa shape index (κ2) is 10.7. The normalized spacial score (nSPS) is 18.6. The first-order valence-corrected chi connectivity index (χ1v) is 11.5. The van der Waals surface area contributed by atoms with E-state index in [0.29, 0.717) is 12.6 Å². The van der Waals surface area contributed by atoms with E-state index in [1.807, 2.05) is 24.4 Å². The molecule has 2 aliphatic heterocycles. The van der Waals surface area contributed by atoms with Crippen molar-refractivity contribution in [3.05, 3.63) is 72.4 Å². The number of benzene rings is 1. The lowest BCUT2D eigenvalue weighted by Crippen LogP contribution is -2.44. The summed E-state index contributed by atoms with van der Waals surface area (Å²) < 4.78 is 0. The van der Waals surface area contributed by atoms with Gasteiger partial charge in [-0.3, -0.25) is 0 Å². The average molecular weight is 442 g/mol. The largest absolute Gasteiger partial charge is 0.376 e. The molecule has 6 heteroatoms. The van der Waals surface area contributed by atoms with Crippen LogP contribution in [0, 0.1) is 5.92 Å². The fraction of sp³-hybridized carbons (Fsp3) is 0.440. The molecule has 2 saturated heterocycles. The van der Waals surface area contributed by atoms with Crippen LogP contribution in [0.25, 0.3) is 10.9 Å². The molecule has 0 amide bonds. The van der Waals surface area contributed by atoms with Gasteiger partial charge in [-0.2, -0.15) is 0 Å². The van der Waals surface area contributed by atoms with Crippen molar-refractivity contribution in [3.8, 4) is 0 Å². The standard InChI is InChI=1S/C18H23ClN4.C7H13N/c1-3-23-8-4-5-16(12-23)21-13(2)20-11-17-10-14-9-15(19)6-7-18(14)22-17;1-6(2)8-4-7(3)5-8/h3,6-7,9-10,16,20-22H,1-2,4-5,8,11-12H2;7H,1,4-5H2,2-3H3. The van der Waals surface area contributed by atoms with Crippen LogP contribution in [0.1, 0.15) is 32.4 Å². The maximum atomic E-state index is 6.02. The number of likely N-dealkylation sites (tertiary alicyclic amines) is 2. The lowest BCUT2D eigenvalue weighted by atomic mass is 10.0. The van der Waals surface area contributed by atoms with Gasteiger partial charge in [0.1, 0.15) is 0 Å². The van der Waals surface area contributed by atoms with Gasteiger partial charge in [-0.05, 0) is 56.1 Å². The maximum absolute atomic E-state index is 6.02. The van der Waals surface area contributed by atoms with Crippen molar-refractivity contribution in [2.24, 2.45) is 5.92 Å². The van der Waals surface area contributed by atoms with Crippen molar-refractivity contribution < 1.29 is 0 Å². The number of nitrogens with one attached hydrogen (secondary N) is 3. The van der Waals surface area contributed by atoms with E-state index in [1.54, 1.807) is 0 Å². The SMILES string of the molecule is C=C(C)N1CC(C)C1.C=CN1CCCC(NC(=C)NCc2cc3cc(Cl)ccc3[nH]2)C1. The van der Waals surface area contributed by atoms with Gasteiger partial charge in [-0.15, -0.1) is 0 Å². The highest BCUT2D eigenvalue weighted by Crippen LogP contribution is 2.20. The van der Waals surface area contributed by atoms with Crippen LogP contribution >= 0.6 is 11.6 Å². The molecule has 168 valence electrons. The average Bonchev–Trinajstić information content (AvgIpc) is 3.12. The topological polar surface area (TPSA) is 46.3 Å².